The minimum absolute atomic E-state index is 0.0647. The quantitative estimate of drug-likeness (QED) is 0.637. The van der Waals surface area contributed by atoms with Gasteiger partial charge in [-0.3, -0.25) is 0 Å². The molecule has 25 heavy (non-hydrogen) atoms. The van der Waals surface area contributed by atoms with Crippen LogP contribution in [0.4, 0.5) is 5.69 Å². The van der Waals surface area contributed by atoms with Crippen LogP contribution in [0.5, 0.6) is 5.75 Å². The molecule has 0 fully saturated rings. The van der Waals surface area contributed by atoms with Gasteiger partial charge in [0.2, 0.25) is 0 Å². The Morgan fingerprint density at radius 3 is 2.96 bits per heavy atom. The molecular formula is C19H21N3O3. The monoisotopic (exact) mass is 339 g/mol. The Labute approximate surface area is 147 Å². The molecule has 1 aliphatic carbocycles. The normalized spacial score (nSPS) is 17.9. The lowest BCUT2D eigenvalue weighted by atomic mass is 10.1. The van der Waals surface area contributed by atoms with E-state index in [0.717, 1.165) is 17.0 Å². The van der Waals surface area contributed by atoms with E-state index in [1.54, 1.807) is 19.2 Å². The number of hydrazine groups is 1. The first-order chi connectivity index (χ1) is 12.1. The predicted octanol–water partition coefficient (Wildman–Crippen LogP) is 2.53. The first-order valence-electron chi connectivity index (χ1n) is 8.07. The zero-order chi connectivity index (χ0) is 17.8. The lowest BCUT2D eigenvalue weighted by molar-refractivity contribution is -0.138. The second kappa shape index (κ2) is 7.36. The third-order valence-corrected chi connectivity index (χ3v) is 3.92. The second-order valence-corrected chi connectivity index (χ2v) is 5.86. The summed E-state index contributed by atoms with van der Waals surface area (Å²) in [5.74, 6) is 0.343. The highest BCUT2D eigenvalue weighted by atomic mass is 16.5. The van der Waals surface area contributed by atoms with E-state index in [1.165, 1.54) is 0 Å². The fourth-order valence-corrected chi connectivity index (χ4v) is 2.58. The highest BCUT2D eigenvalue weighted by molar-refractivity contribution is 6.03. The van der Waals surface area contributed by atoms with Gasteiger partial charge in [0.05, 0.1) is 25.5 Å². The van der Waals surface area contributed by atoms with E-state index < -0.39 is 0 Å². The molecule has 0 bridgehead atoms. The first kappa shape index (κ1) is 17.0. The van der Waals surface area contributed by atoms with E-state index in [0.29, 0.717) is 24.4 Å². The van der Waals surface area contributed by atoms with Crippen LogP contribution in [0.15, 0.2) is 59.8 Å². The van der Waals surface area contributed by atoms with E-state index in [9.17, 15) is 4.79 Å². The maximum absolute atomic E-state index is 11.5. The number of esters is 1. The summed E-state index contributed by atoms with van der Waals surface area (Å²) in [4.78, 5) is 11.5. The van der Waals surface area contributed by atoms with Crippen molar-refractivity contribution in [3.63, 3.8) is 0 Å². The highest BCUT2D eigenvalue weighted by Crippen LogP contribution is 2.31. The molecule has 1 atom stereocenters. The van der Waals surface area contributed by atoms with Crippen molar-refractivity contribution >= 4 is 17.4 Å². The molecular weight excluding hydrogens is 318 g/mol. The Morgan fingerprint density at radius 1 is 1.40 bits per heavy atom. The van der Waals surface area contributed by atoms with Gasteiger partial charge >= 0.3 is 5.97 Å². The molecule has 0 aromatic heterocycles. The summed E-state index contributed by atoms with van der Waals surface area (Å²) in [6.07, 6.45) is 8.58. The topological polar surface area (TPSA) is 63.2 Å². The van der Waals surface area contributed by atoms with E-state index in [4.69, 9.17) is 9.47 Å². The largest absolute Gasteiger partial charge is 0.494 e. The summed E-state index contributed by atoms with van der Waals surface area (Å²) < 4.78 is 10.6. The van der Waals surface area contributed by atoms with Crippen LogP contribution in [0.25, 0.3) is 0 Å². The molecule has 0 radical (unpaired) electrons. The zero-order valence-corrected chi connectivity index (χ0v) is 14.4. The first-order valence-corrected chi connectivity index (χ1v) is 8.07. The van der Waals surface area contributed by atoms with Gasteiger partial charge in [-0.15, -0.1) is 0 Å². The molecule has 1 N–H and O–H groups in total. The molecule has 1 heterocycles. The molecule has 3 rings (SSSR count). The summed E-state index contributed by atoms with van der Waals surface area (Å²) in [6, 6.07) is 5.89. The fourth-order valence-electron chi connectivity index (χ4n) is 2.58. The highest BCUT2D eigenvalue weighted by Gasteiger charge is 2.26. The van der Waals surface area contributed by atoms with Crippen LogP contribution in [-0.4, -0.2) is 31.4 Å². The molecule has 0 amide bonds. The SMILES string of the molecule is C=C(C)C(=O)OCCc1ccc(OC)c(N2N=C3C=CC=CC3N2)c1. The molecule has 1 unspecified atom stereocenters. The number of fused-ring (bicyclic) bond motifs is 1. The maximum atomic E-state index is 11.5. The summed E-state index contributed by atoms with van der Waals surface area (Å²) in [6.45, 7) is 5.51. The lowest BCUT2D eigenvalue weighted by Gasteiger charge is -2.20. The minimum atomic E-state index is -0.371. The van der Waals surface area contributed by atoms with Crippen LogP contribution in [0.3, 0.4) is 0 Å². The third kappa shape index (κ3) is 3.80. The molecule has 0 saturated carbocycles. The van der Waals surface area contributed by atoms with Gasteiger partial charge in [0, 0.05) is 12.0 Å². The summed E-state index contributed by atoms with van der Waals surface area (Å²) >= 11 is 0. The van der Waals surface area contributed by atoms with Gasteiger partial charge in [0.1, 0.15) is 11.4 Å². The van der Waals surface area contributed by atoms with E-state index >= 15 is 0 Å². The summed E-state index contributed by atoms with van der Waals surface area (Å²) in [5, 5.41) is 6.31. The van der Waals surface area contributed by atoms with Crippen LogP contribution in [0.1, 0.15) is 12.5 Å². The van der Waals surface area contributed by atoms with Gasteiger partial charge in [-0.05, 0) is 30.7 Å². The van der Waals surface area contributed by atoms with Crippen LogP contribution in [-0.2, 0) is 16.0 Å². The number of ether oxygens (including phenoxy) is 2. The number of benzene rings is 1. The number of hydrogen-bond donors (Lipinski definition) is 1. The van der Waals surface area contributed by atoms with Crippen molar-refractivity contribution in [2.24, 2.45) is 5.10 Å². The molecule has 6 heteroatoms. The number of allylic oxidation sites excluding steroid dienone is 2. The van der Waals surface area contributed by atoms with Gasteiger partial charge in [0.25, 0.3) is 0 Å². The van der Waals surface area contributed by atoms with E-state index in [2.05, 4.69) is 17.1 Å². The Kier molecular flexibility index (Phi) is 5.00. The number of carbonyl (C=O) groups excluding carboxylic acids is 1. The van der Waals surface area contributed by atoms with Crippen molar-refractivity contribution in [3.8, 4) is 5.75 Å². The molecule has 1 aromatic carbocycles. The molecule has 6 nitrogen and oxygen atoms in total. The van der Waals surface area contributed by atoms with Crippen molar-refractivity contribution in [1.29, 1.82) is 0 Å². The van der Waals surface area contributed by atoms with Crippen molar-refractivity contribution < 1.29 is 14.3 Å². The molecule has 1 aromatic rings. The number of hydrogen-bond acceptors (Lipinski definition) is 6. The smallest absolute Gasteiger partial charge is 0.333 e. The number of hydrazone groups is 1. The van der Waals surface area contributed by atoms with Gasteiger partial charge < -0.3 is 9.47 Å². The molecule has 130 valence electrons. The Balaban J connectivity index is 1.74. The van der Waals surface area contributed by atoms with Gasteiger partial charge in [-0.1, -0.05) is 30.9 Å². The second-order valence-electron chi connectivity index (χ2n) is 5.86. The van der Waals surface area contributed by atoms with Crippen LogP contribution < -0.4 is 15.3 Å². The number of carbonyl (C=O) groups is 1. The number of nitrogens with zero attached hydrogens (tertiary/aromatic N) is 2. The Bertz CT molecular complexity index is 780. The van der Waals surface area contributed by atoms with Gasteiger partial charge in [0.15, 0.2) is 0 Å². The van der Waals surface area contributed by atoms with Crippen molar-refractivity contribution in [2.75, 3.05) is 18.8 Å². The molecule has 1 aliphatic heterocycles. The standard InChI is InChI=1S/C19H21N3O3/c1-13(2)19(23)25-11-10-14-8-9-18(24-3)17(12-14)22-20-15-6-4-5-7-16(15)21-22/h4-9,12,15,20H,1,10-11H2,2-3H3. The van der Waals surface area contributed by atoms with Gasteiger partial charge in [-0.25, -0.2) is 4.79 Å². The van der Waals surface area contributed by atoms with Gasteiger partial charge in [-0.2, -0.15) is 15.6 Å². The zero-order valence-electron chi connectivity index (χ0n) is 14.4. The molecule has 0 spiro atoms. The Morgan fingerprint density at radius 2 is 2.24 bits per heavy atom. The van der Waals surface area contributed by atoms with Crippen molar-refractivity contribution in [2.45, 2.75) is 19.4 Å². The maximum Gasteiger partial charge on any atom is 0.333 e. The fraction of sp³-hybridized carbons (Fsp3) is 0.263. The van der Waals surface area contributed by atoms with Crippen LogP contribution in [0.2, 0.25) is 0 Å². The average Bonchev–Trinajstić information content (AvgIpc) is 3.05. The van der Waals surface area contributed by atoms with Crippen LogP contribution in [0, 0.1) is 0 Å². The number of nitrogens with one attached hydrogen (secondary N) is 1. The third-order valence-electron chi connectivity index (χ3n) is 3.92. The lowest BCUT2D eigenvalue weighted by Crippen LogP contribution is -2.37. The van der Waals surface area contributed by atoms with Crippen molar-refractivity contribution in [3.05, 3.63) is 60.2 Å². The van der Waals surface area contributed by atoms with Crippen molar-refractivity contribution in [1.82, 2.24) is 5.43 Å². The number of anilines is 1. The molecule has 0 saturated heterocycles. The summed E-state index contributed by atoms with van der Waals surface area (Å²) in [7, 11) is 1.63. The number of rotatable bonds is 6. The van der Waals surface area contributed by atoms with E-state index in [-0.39, 0.29) is 12.0 Å². The Hall–Kier alpha value is -2.86. The van der Waals surface area contributed by atoms with E-state index in [1.807, 2.05) is 42.5 Å². The number of methoxy groups -OCH3 is 1. The minimum Gasteiger partial charge on any atom is -0.494 e. The van der Waals surface area contributed by atoms with Crippen LogP contribution >= 0.6 is 0 Å². The molecule has 2 aliphatic rings. The summed E-state index contributed by atoms with van der Waals surface area (Å²) in [5.41, 5.74) is 6.50. The predicted molar refractivity (Wildman–Crippen MR) is 97.6 cm³/mol. The average molecular weight is 339 g/mol.